The van der Waals surface area contributed by atoms with E-state index in [2.05, 4.69) is 15.3 Å². The van der Waals surface area contributed by atoms with E-state index in [9.17, 15) is 5.11 Å². The van der Waals surface area contributed by atoms with Gasteiger partial charge in [0.05, 0.1) is 24.8 Å². The fraction of sp³-hybridized carbons (Fsp3) is 0.533. The molecule has 2 aromatic rings. The van der Waals surface area contributed by atoms with Gasteiger partial charge in [-0.2, -0.15) is 0 Å². The molecule has 0 radical (unpaired) electrons. The molecule has 114 valence electrons. The monoisotopic (exact) mass is 307 g/mol. The Morgan fingerprint density at radius 1 is 1.57 bits per heavy atom. The first-order valence-corrected chi connectivity index (χ1v) is 8.06. The number of imidazole rings is 1. The fourth-order valence-corrected chi connectivity index (χ4v) is 4.21. The smallest absolute Gasteiger partial charge is 0.166 e. The van der Waals surface area contributed by atoms with E-state index in [1.807, 2.05) is 25.2 Å². The van der Waals surface area contributed by atoms with E-state index >= 15 is 0 Å². The average molecular weight is 307 g/mol. The van der Waals surface area contributed by atoms with Crippen LogP contribution in [0.5, 0.6) is 5.75 Å². The van der Waals surface area contributed by atoms with Crippen LogP contribution in [0.25, 0.3) is 11.0 Å². The van der Waals surface area contributed by atoms with E-state index in [4.69, 9.17) is 4.74 Å². The van der Waals surface area contributed by atoms with Gasteiger partial charge in [0.1, 0.15) is 5.75 Å². The molecule has 3 rings (SSSR count). The summed E-state index contributed by atoms with van der Waals surface area (Å²) in [5.41, 5.74) is 1.84. The molecule has 1 aromatic carbocycles. The summed E-state index contributed by atoms with van der Waals surface area (Å²) in [7, 11) is 3.59. The van der Waals surface area contributed by atoms with Crippen LogP contribution in [-0.4, -0.2) is 46.6 Å². The maximum atomic E-state index is 9.56. The molecule has 1 aliphatic carbocycles. The third-order valence-electron chi connectivity index (χ3n) is 4.34. The predicted octanol–water partition coefficient (Wildman–Crippen LogP) is 2.17. The molecule has 0 bridgehead atoms. The van der Waals surface area contributed by atoms with E-state index < -0.39 is 0 Å². The van der Waals surface area contributed by atoms with Crippen LogP contribution in [0.1, 0.15) is 19.3 Å². The Balaban J connectivity index is 1.74. The molecule has 2 atom stereocenters. The summed E-state index contributed by atoms with van der Waals surface area (Å²) in [6.07, 6.45) is 3.06. The zero-order valence-electron chi connectivity index (χ0n) is 12.3. The van der Waals surface area contributed by atoms with Crippen LogP contribution in [0, 0.1) is 0 Å². The lowest BCUT2D eigenvalue weighted by Gasteiger charge is -2.26. The Hall–Kier alpha value is -1.24. The summed E-state index contributed by atoms with van der Waals surface area (Å²) in [6.45, 7) is 0.192. The van der Waals surface area contributed by atoms with Crippen molar-refractivity contribution >= 4 is 22.8 Å². The normalized spacial score (nSPS) is 25.6. The van der Waals surface area contributed by atoms with Gasteiger partial charge in [-0.15, -0.1) is 0 Å². The lowest BCUT2D eigenvalue weighted by atomic mass is 10.00. The lowest BCUT2D eigenvalue weighted by molar-refractivity contribution is 0.173. The first-order chi connectivity index (χ1) is 10.2. The van der Waals surface area contributed by atoms with Gasteiger partial charge in [0.25, 0.3) is 0 Å². The number of hydrogen-bond acceptors (Lipinski definition) is 5. The minimum Gasteiger partial charge on any atom is -0.497 e. The second-order valence-electron chi connectivity index (χ2n) is 5.60. The van der Waals surface area contributed by atoms with Crippen LogP contribution in [0.3, 0.4) is 0 Å². The number of aliphatic hydroxyl groups is 1. The van der Waals surface area contributed by atoms with Gasteiger partial charge in [0, 0.05) is 16.9 Å². The number of fused-ring (bicyclic) bond motifs is 1. The number of aromatic nitrogens is 2. The number of methoxy groups -OCH3 is 1. The molecule has 0 spiro atoms. The molecule has 0 amide bonds. The predicted molar refractivity (Wildman–Crippen MR) is 85.0 cm³/mol. The molecule has 0 aliphatic heterocycles. The van der Waals surface area contributed by atoms with Gasteiger partial charge in [0.2, 0.25) is 0 Å². The summed E-state index contributed by atoms with van der Waals surface area (Å²) in [5.74, 6) is 0.832. The first kappa shape index (κ1) is 14.7. The summed E-state index contributed by atoms with van der Waals surface area (Å²) in [6, 6.07) is 5.85. The summed E-state index contributed by atoms with van der Waals surface area (Å²) in [5, 5.41) is 14.3. The quantitative estimate of drug-likeness (QED) is 0.790. The zero-order valence-corrected chi connectivity index (χ0v) is 13.2. The van der Waals surface area contributed by atoms with Crippen molar-refractivity contribution < 1.29 is 9.84 Å². The van der Waals surface area contributed by atoms with Crippen LogP contribution in [-0.2, 0) is 0 Å². The largest absolute Gasteiger partial charge is 0.497 e. The van der Waals surface area contributed by atoms with Gasteiger partial charge < -0.3 is 20.1 Å². The Labute approximate surface area is 128 Å². The SMILES string of the molecule is CNC1(CO)CCC(Sc2nc3ccc(OC)cc3[nH]2)C1. The molecule has 1 heterocycles. The fourth-order valence-electron chi connectivity index (χ4n) is 2.93. The highest BCUT2D eigenvalue weighted by molar-refractivity contribution is 7.99. The van der Waals surface area contributed by atoms with E-state index in [0.717, 1.165) is 41.2 Å². The zero-order chi connectivity index (χ0) is 14.9. The second-order valence-corrected chi connectivity index (χ2v) is 6.89. The number of nitrogens with zero attached hydrogens (tertiary/aromatic N) is 1. The van der Waals surface area contributed by atoms with Crippen LogP contribution < -0.4 is 10.1 Å². The molecule has 21 heavy (non-hydrogen) atoms. The molecule has 0 saturated heterocycles. The number of ether oxygens (including phenoxy) is 1. The Kier molecular flexibility index (Phi) is 4.10. The number of likely N-dealkylation sites (N-methyl/N-ethyl adjacent to an activating group) is 1. The minimum atomic E-state index is -0.118. The van der Waals surface area contributed by atoms with Crippen molar-refractivity contribution in [3.63, 3.8) is 0 Å². The number of aliphatic hydroxyl groups excluding tert-OH is 1. The Bertz CT molecular complexity index is 624. The van der Waals surface area contributed by atoms with Crippen molar-refractivity contribution in [2.75, 3.05) is 20.8 Å². The van der Waals surface area contributed by atoms with Gasteiger partial charge in [-0.05, 0) is 38.4 Å². The van der Waals surface area contributed by atoms with Crippen molar-refractivity contribution in [3.8, 4) is 5.75 Å². The van der Waals surface area contributed by atoms with Crippen molar-refractivity contribution in [3.05, 3.63) is 18.2 Å². The number of benzene rings is 1. The average Bonchev–Trinajstić information content (AvgIpc) is 3.10. The van der Waals surface area contributed by atoms with E-state index in [0.29, 0.717) is 5.25 Å². The molecular weight excluding hydrogens is 286 g/mol. The summed E-state index contributed by atoms with van der Waals surface area (Å²) < 4.78 is 5.23. The van der Waals surface area contributed by atoms with E-state index in [1.165, 1.54) is 0 Å². The number of nitrogens with one attached hydrogen (secondary N) is 2. The number of hydrogen-bond donors (Lipinski definition) is 3. The third-order valence-corrected chi connectivity index (χ3v) is 5.49. The van der Waals surface area contributed by atoms with Crippen LogP contribution in [0.15, 0.2) is 23.4 Å². The summed E-state index contributed by atoms with van der Waals surface area (Å²) >= 11 is 1.76. The number of H-pyrrole nitrogens is 1. The number of aromatic amines is 1. The topological polar surface area (TPSA) is 70.2 Å². The molecule has 2 unspecified atom stereocenters. The molecule has 5 nitrogen and oxygen atoms in total. The van der Waals surface area contributed by atoms with Crippen LogP contribution in [0.2, 0.25) is 0 Å². The van der Waals surface area contributed by atoms with Gasteiger partial charge in [0.15, 0.2) is 5.16 Å². The second kappa shape index (κ2) is 5.87. The minimum absolute atomic E-state index is 0.118. The van der Waals surface area contributed by atoms with Crippen molar-refractivity contribution in [2.24, 2.45) is 0 Å². The maximum Gasteiger partial charge on any atom is 0.166 e. The van der Waals surface area contributed by atoms with Gasteiger partial charge in [-0.3, -0.25) is 0 Å². The highest BCUT2D eigenvalue weighted by Gasteiger charge is 2.38. The molecular formula is C15H21N3O2S. The van der Waals surface area contributed by atoms with Crippen LogP contribution in [0.4, 0.5) is 0 Å². The van der Waals surface area contributed by atoms with Crippen LogP contribution >= 0.6 is 11.8 Å². The van der Waals surface area contributed by atoms with Crippen molar-refractivity contribution in [1.29, 1.82) is 0 Å². The Morgan fingerprint density at radius 2 is 2.43 bits per heavy atom. The molecule has 6 heteroatoms. The first-order valence-electron chi connectivity index (χ1n) is 7.18. The van der Waals surface area contributed by atoms with Gasteiger partial charge >= 0.3 is 0 Å². The van der Waals surface area contributed by atoms with Gasteiger partial charge in [-0.25, -0.2) is 4.98 Å². The number of rotatable bonds is 5. The standard InChI is InChI=1S/C15H21N3O2S/c1-16-15(9-19)6-5-11(8-15)21-14-17-12-4-3-10(20-2)7-13(12)18-14/h3-4,7,11,16,19H,5-6,8-9H2,1-2H3,(H,17,18). The number of thioether (sulfide) groups is 1. The molecule has 1 aliphatic rings. The Morgan fingerprint density at radius 3 is 3.10 bits per heavy atom. The highest BCUT2D eigenvalue weighted by atomic mass is 32.2. The molecule has 1 aromatic heterocycles. The highest BCUT2D eigenvalue weighted by Crippen LogP contribution is 2.39. The van der Waals surface area contributed by atoms with E-state index in [-0.39, 0.29) is 12.1 Å². The molecule has 1 fully saturated rings. The van der Waals surface area contributed by atoms with Crippen molar-refractivity contribution in [1.82, 2.24) is 15.3 Å². The van der Waals surface area contributed by atoms with E-state index in [1.54, 1.807) is 18.9 Å². The molecule has 1 saturated carbocycles. The van der Waals surface area contributed by atoms with Gasteiger partial charge in [-0.1, -0.05) is 11.8 Å². The molecule has 3 N–H and O–H groups in total. The summed E-state index contributed by atoms with van der Waals surface area (Å²) in [4.78, 5) is 7.97. The lowest BCUT2D eigenvalue weighted by Crippen LogP contribution is -2.44. The third kappa shape index (κ3) is 2.88. The van der Waals surface area contributed by atoms with Crippen molar-refractivity contribution in [2.45, 2.75) is 35.2 Å². The maximum absolute atomic E-state index is 9.56.